The fraction of sp³-hybridized carbons (Fsp3) is 0.724. The van der Waals surface area contributed by atoms with Crippen LogP contribution in [0.25, 0.3) is 10.4 Å². The van der Waals surface area contributed by atoms with Crippen LogP contribution in [-0.2, 0) is 33.3 Å². The number of carboxylic acid groups (broad SMARTS) is 1. The molecule has 0 aliphatic carbocycles. The van der Waals surface area contributed by atoms with Crippen LogP contribution in [0.15, 0.2) is 22.2 Å². The normalized spacial score (nSPS) is 18.8. The van der Waals surface area contributed by atoms with Gasteiger partial charge < -0.3 is 24.1 Å². The molecule has 16 heteroatoms. The number of hydrogen-bond acceptors (Lipinski definition) is 11. The Labute approximate surface area is 261 Å². The second-order valence-electron chi connectivity index (χ2n) is 12.1. The standard InChI is InChI=1S/C29H44N6O10/c1-8-9-12-42-27(41)32-21-10-11-35(26(40)31-21)20-15-28(33-34-30,43-16-20)29(24(19(6)7)25(38)39,44-22(36)13-17(2)3)45-23(37)14-18(4)5/h10-11,17-20,24H,8-9,12-16H2,1-7H3,(H,38,39)(H,31,32,40,41). The summed E-state index contributed by atoms with van der Waals surface area (Å²) in [5, 5.41) is 16.6. The zero-order chi connectivity index (χ0) is 33.9. The predicted molar refractivity (Wildman–Crippen MR) is 160 cm³/mol. The van der Waals surface area contributed by atoms with Crippen LogP contribution in [0.3, 0.4) is 0 Å². The lowest BCUT2D eigenvalue weighted by atomic mass is 9.79. The number of carbonyl (C=O) groups excluding carboxylic acids is 3. The maximum absolute atomic E-state index is 13.2. The van der Waals surface area contributed by atoms with Crippen molar-refractivity contribution in [3.8, 4) is 0 Å². The fourth-order valence-corrected chi connectivity index (χ4v) is 5.04. The highest BCUT2D eigenvalue weighted by Gasteiger charge is 2.69. The summed E-state index contributed by atoms with van der Waals surface area (Å²) in [5.41, 5.74) is 6.47. The van der Waals surface area contributed by atoms with E-state index in [9.17, 15) is 34.6 Å². The molecule has 0 saturated carbocycles. The molecule has 1 aromatic rings. The molecule has 0 radical (unpaired) electrons. The molecule has 1 amide bonds. The Morgan fingerprint density at radius 2 is 1.78 bits per heavy atom. The van der Waals surface area contributed by atoms with Gasteiger partial charge in [-0.25, -0.2) is 9.59 Å². The third-order valence-electron chi connectivity index (χ3n) is 6.99. The van der Waals surface area contributed by atoms with Crippen molar-refractivity contribution in [3.63, 3.8) is 0 Å². The largest absolute Gasteiger partial charge is 0.481 e. The highest BCUT2D eigenvalue weighted by atomic mass is 16.8. The highest BCUT2D eigenvalue weighted by Crippen LogP contribution is 2.50. The summed E-state index contributed by atoms with van der Waals surface area (Å²) in [6, 6.07) is 0.387. The second-order valence-corrected chi connectivity index (χ2v) is 12.1. The van der Waals surface area contributed by atoms with Crippen molar-refractivity contribution in [1.29, 1.82) is 0 Å². The first kappa shape index (κ1) is 37.0. The third kappa shape index (κ3) is 9.41. The summed E-state index contributed by atoms with van der Waals surface area (Å²) in [4.78, 5) is 71.1. The number of anilines is 1. The average Bonchev–Trinajstić information content (AvgIpc) is 3.33. The van der Waals surface area contributed by atoms with E-state index in [0.717, 1.165) is 11.0 Å². The van der Waals surface area contributed by atoms with Gasteiger partial charge in [0.05, 0.1) is 19.3 Å². The van der Waals surface area contributed by atoms with Gasteiger partial charge in [-0.1, -0.05) is 60.0 Å². The number of carboxylic acids is 1. The molecule has 0 bridgehead atoms. The number of amides is 1. The molecule has 16 nitrogen and oxygen atoms in total. The molecule has 0 aromatic carbocycles. The maximum Gasteiger partial charge on any atom is 0.412 e. The first-order valence-electron chi connectivity index (χ1n) is 15.0. The van der Waals surface area contributed by atoms with Gasteiger partial charge in [-0.05, 0) is 35.8 Å². The predicted octanol–water partition coefficient (Wildman–Crippen LogP) is 4.79. The third-order valence-corrected chi connectivity index (χ3v) is 6.99. The van der Waals surface area contributed by atoms with Gasteiger partial charge in [0.25, 0.3) is 0 Å². The number of hydrogen-bond donors (Lipinski definition) is 2. The Bertz CT molecular complexity index is 1300. The molecule has 2 rings (SSSR count). The van der Waals surface area contributed by atoms with E-state index in [2.05, 4.69) is 20.3 Å². The quantitative estimate of drug-likeness (QED) is 0.0627. The Kier molecular flexibility index (Phi) is 13.4. The van der Waals surface area contributed by atoms with E-state index >= 15 is 0 Å². The summed E-state index contributed by atoms with van der Waals surface area (Å²) in [7, 11) is 0. The van der Waals surface area contributed by atoms with Crippen LogP contribution in [0.4, 0.5) is 10.6 Å². The van der Waals surface area contributed by atoms with Crippen molar-refractivity contribution >= 4 is 29.8 Å². The van der Waals surface area contributed by atoms with Gasteiger partial charge in [0, 0.05) is 30.4 Å². The zero-order valence-corrected chi connectivity index (χ0v) is 26.8. The Morgan fingerprint density at radius 1 is 1.18 bits per heavy atom. The van der Waals surface area contributed by atoms with Crippen molar-refractivity contribution in [2.24, 2.45) is 28.8 Å². The summed E-state index contributed by atoms with van der Waals surface area (Å²) in [6.45, 7) is 11.8. The molecule has 2 heterocycles. The number of unbranched alkanes of at least 4 members (excludes halogenated alkanes) is 1. The van der Waals surface area contributed by atoms with E-state index in [0.29, 0.717) is 6.42 Å². The summed E-state index contributed by atoms with van der Waals surface area (Å²) < 4.78 is 23.8. The van der Waals surface area contributed by atoms with E-state index in [1.807, 2.05) is 6.92 Å². The molecule has 1 aliphatic heterocycles. The van der Waals surface area contributed by atoms with Gasteiger partial charge in [-0.3, -0.25) is 24.3 Å². The summed E-state index contributed by atoms with van der Waals surface area (Å²) in [6.07, 6.45) is 1.21. The van der Waals surface area contributed by atoms with Gasteiger partial charge in [0.1, 0.15) is 11.7 Å². The smallest absolute Gasteiger partial charge is 0.412 e. The molecule has 45 heavy (non-hydrogen) atoms. The zero-order valence-electron chi connectivity index (χ0n) is 26.8. The first-order valence-corrected chi connectivity index (χ1v) is 15.0. The number of azide groups is 1. The molecule has 1 fully saturated rings. The molecular formula is C29H44N6O10. The van der Waals surface area contributed by atoms with E-state index in [1.54, 1.807) is 27.7 Å². The lowest BCUT2D eigenvalue weighted by Crippen LogP contribution is -2.65. The van der Waals surface area contributed by atoms with Crippen molar-refractivity contribution in [3.05, 3.63) is 33.2 Å². The van der Waals surface area contributed by atoms with Crippen molar-refractivity contribution < 1.29 is 43.2 Å². The summed E-state index contributed by atoms with van der Waals surface area (Å²) in [5.74, 6) is -9.19. The first-order chi connectivity index (χ1) is 21.1. The number of nitrogens with one attached hydrogen (secondary N) is 1. The number of aromatic nitrogens is 2. The van der Waals surface area contributed by atoms with Crippen LogP contribution >= 0.6 is 0 Å². The molecule has 3 unspecified atom stereocenters. The summed E-state index contributed by atoms with van der Waals surface area (Å²) >= 11 is 0. The molecule has 1 saturated heterocycles. The van der Waals surface area contributed by atoms with Crippen molar-refractivity contribution in [1.82, 2.24) is 9.55 Å². The van der Waals surface area contributed by atoms with Crippen molar-refractivity contribution in [2.45, 2.75) is 98.1 Å². The van der Waals surface area contributed by atoms with Gasteiger partial charge in [0.2, 0.25) is 5.72 Å². The van der Waals surface area contributed by atoms with E-state index in [-0.39, 0.29) is 43.7 Å². The number of rotatable bonds is 16. The average molecular weight is 637 g/mol. The lowest BCUT2D eigenvalue weighted by Gasteiger charge is -2.47. The fourth-order valence-electron chi connectivity index (χ4n) is 5.04. The van der Waals surface area contributed by atoms with E-state index in [1.165, 1.54) is 26.1 Å². The van der Waals surface area contributed by atoms with Crippen LogP contribution in [0.1, 0.15) is 86.6 Å². The van der Waals surface area contributed by atoms with Crippen LogP contribution < -0.4 is 11.0 Å². The Balaban J connectivity index is 2.66. The monoisotopic (exact) mass is 636 g/mol. The minimum atomic E-state index is -2.76. The second kappa shape index (κ2) is 16.2. The molecule has 0 spiro atoms. The molecule has 1 aromatic heterocycles. The maximum atomic E-state index is 13.2. The van der Waals surface area contributed by atoms with Gasteiger partial charge in [0.15, 0.2) is 0 Å². The number of aliphatic carboxylic acids is 1. The minimum absolute atomic E-state index is 0.0803. The molecule has 1 aliphatic rings. The number of carbonyl (C=O) groups is 4. The van der Waals surface area contributed by atoms with Gasteiger partial charge in [-0.2, -0.15) is 4.98 Å². The van der Waals surface area contributed by atoms with E-state index < -0.39 is 65.5 Å². The molecule has 250 valence electrons. The minimum Gasteiger partial charge on any atom is -0.481 e. The topological polar surface area (TPSA) is 221 Å². The van der Waals surface area contributed by atoms with E-state index in [4.69, 9.17) is 18.9 Å². The van der Waals surface area contributed by atoms with Crippen molar-refractivity contribution in [2.75, 3.05) is 18.5 Å². The SMILES string of the molecule is CCCCOC(=O)Nc1ccn(C2COC(N=[N+]=[N-])(C(OC(=O)CC(C)C)(OC(=O)CC(C)C)C(C(=O)O)C(C)C)C2)c(=O)n1. The van der Waals surface area contributed by atoms with Gasteiger partial charge in [-0.15, -0.1) is 0 Å². The number of esters is 2. The molecule has 3 atom stereocenters. The van der Waals surface area contributed by atoms with Crippen LogP contribution in [0, 0.1) is 23.7 Å². The number of nitrogens with zero attached hydrogens (tertiary/aromatic N) is 5. The highest BCUT2D eigenvalue weighted by molar-refractivity contribution is 5.83. The Hall–Kier alpha value is -4.17. The number of ether oxygens (including phenoxy) is 4. The van der Waals surface area contributed by atoms with Gasteiger partial charge >= 0.3 is 35.5 Å². The van der Waals surface area contributed by atoms with Crippen LogP contribution in [-0.4, -0.2) is 63.4 Å². The van der Waals surface area contributed by atoms with Crippen LogP contribution in [0.2, 0.25) is 0 Å². The Morgan fingerprint density at radius 3 is 2.24 bits per heavy atom. The van der Waals surface area contributed by atoms with Crippen LogP contribution in [0.5, 0.6) is 0 Å². The molecular weight excluding hydrogens is 592 g/mol. The lowest BCUT2D eigenvalue weighted by molar-refractivity contribution is -0.318. The molecule has 2 N–H and O–H groups in total.